The van der Waals surface area contributed by atoms with E-state index in [1.807, 2.05) is 6.07 Å². The Morgan fingerprint density at radius 3 is 3.00 bits per heavy atom. The van der Waals surface area contributed by atoms with E-state index in [1.54, 1.807) is 6.07 Å². The van der Waals surface area contributed by atoms with Crippen molar-refractivity contribution in [2.24, 2.45) is 0 Å². The molecule has 1 aromatic rings. The van der Waals surface area contributed by atoms with Crippen molar-refractivity contribution in [2.45, 2.75) is 24.9 Å². The highest BCUT2D eigenvalue weighted by molar-refractivity contribution is 5.76. The van der Waals surface area contributed by atoms with Crippen molar-refractivity contribution in [2.75, 3.05) is 7.11 Å². The Bertz CT molecular complexity index is 394. The van der Waals surface area contributed by atoms with E-state index >= 15 is 0 Å². The van der Waals surface area contributed by atoms with Crippen LogP contribution in [0.1, 0.15) is 24.4 Å². The summed E-state index contributed by atoms with van der Waals surface area (Å²) in [6.07, 6.45) is 1.55. The van der Waals surface area contributed by atoms with E-state index in [1.165, 1.54) is 19.2 Å². The lowest BCUT2D eigenvalue weighted by atomic mass is 10.1. The fourth-order valence-electron chi connectivity index (χ4n) is 2.06. The minimum atomic E-state index is -0.265. The van der Waals surface area contributed by atoms with Gasteiger partial charge in [0.2, 0.25) is 0 Å². The van der Waals surface area contributed by atoms with Crippen molar-refractivity contribution in [1.82, 2.24) is 5.32 Å². The van der Waals surface area contributed by atoms with Gasteiger partial charge in [0, 0.05) is 6.04 Å². The summed E-state index contributed by atoms with van der Waals surface area (Å²) in [7, 11) is 1.37. The van der Waals surface area contributed by atoms with Crippen LogP contribution in [0.5, 0.6) is 0 Å². The summed E-state index contributed by atoms with van der Waals surface area (Å²) in [5.74, 6) is -0.500. The van der Waals surface area contributed by atoms with E-state index in [-0.39, 0.29) is 23.9 Å². The number of carbonyl (C=O) groups excluding carboxylic acids is 1. The standard InChI is InChI=1S/C12H14FNO2/c1-16-12(15)11-6-5-10(14-11)8-3-2-4-9(13)7-8/h2-4,7,10-11,14H,5-6H2,1H3/t10?,11-/m0/s1. The first-order valence-electron chi connectivity index (χ1n) is 5.30. The lowest BCUT2D eigenvalue weighted by Gasteiger charge is -2.13. The zero-order valence-corrected chi connectivity index (χ0v) is 9.07. The smallest absolute Gasteiger partial charge is 0.322 e. The molecule has 4 heteroatoms. The molecule has 0 radical (unpaired) electrons. The molecule has 86 valence electrons. The fourth-order valence-corrected chi connectivity index (χ4v) is 2.06. The molecule has 1 aliphatic heterocycles. The topological polar surface area (TPSA) is 38.3 Å². The monoisotopic (exact) mass is 223 g/mol. The van der Waals surface area contributed by atoms with Crippen LogP contribution in [0.25, 0.3) is 0 Å². The first kappa shape index (κ1) is 11.1. The van der Waals surface area contributed by atoms with Crippen LogP contribution < -0.4 is 5.32 Å². The molecule has 2 rings (SSSR count). The second-order valence-electron chi connectivity index (χ2n) is 3.93. The molecule has 3 nitrogen and oxygen atoms in total. The molecule has 1 N–H and O–H groups in total. The molecule has 1 aromatic carbocycles. The highest BCUT2D eigenvalue weighted by atomic mass is 19.1. The summed E-state index contributed by atoms with van der Waals surface area (Å²) in [6.45, 7) is 0. The first-order chi connectivity index (χ1) is 7.70. The number of benzene rings is 1. The van der Waals surface area contributed by atoms with Crippen LogP contribution in [-0.2, 0) is 9.53 Å². The zero-order chi connectivity index (χ0) is 11.5. The molecule has 1 saturated heterocycles. The lowest BCUT2D eigenvalue weighted by molar-refractivity contribution is -0.142. The molecule has 0 bridgehead atoms. The Morgan fingerprint density at radius 1 is 1.50 bits per heavy atom. The van der Waals surface area contributed by atoms with Gasteiger partial charge in [-0.1, -0.05) is 12.1 Å². The minimum Gasteiger partial charge on any atom is -0.468 e. The molecule has 2 atom stereocenters. The predicted molar refractivity (Wildman–Crippen MR) is 57.3 cm³/mol. The largest absolute Gasteiger partial charge is 0.468 e. The van der Waals surface area contributed by atoms with Crippen LogP contribution in [0.3, 0.4) is 0 Å². The van der Waals surface area contributed by atoms with Crippen molar-refractivity contribution in [3.8, 4) is 0 Å². The molecule has 1 fully saturated rings. The molecule has 0 aromatic heterocycles. The van der Waals surface area contributed by atoms with E-state index in [0.29, 0.717) is 0 Å². The third kappa shape index (κ3) is 2.22. The second-order valence-corrected chi connectivity index (χ2v) is 3.93. The predicted octanol–water partition coefficient (Wildman–Crippen LogP) is 1.79. The number of nitrogens with one attached hydrogen (secondary N) is 1. The van der Waals surface area contributed by atoms with Crippen molar-refractivity contribution in [3.63, 3.8) is 0 Å². The van der Waals surface area contributed by atoms with Gasteiger partial charge in [-0.15, -0.1) is 0 Å². The maximum absolute atomic E-state index is 13.0. The van der Waals surface area contributed by atoms with Crippen LogP contribution >= 0.6 is 0 Å². The Balaban J connectivity index is 2.06. The first-order valence-corrected chi connectivity index (χ1v) is 5.30. The molecule has 16 heavy (non-hydrogen) atoms. The summed E-state index contributed by atoms with van der Waals surface area (Å²) in [5, 5.41) is 3.14. The van der Waals surface area contributed by atoms with Crippen molar-refractivity contribution < 1.29 is 13.9 Å². The molecule has 1 unspecified atom stereocenters. The number of halogens is 1. The highest BCUT2D eigenvalue weighted by Gasteiger charge is 2.30. The van der Waals surface area contributed by atoms with Crippen LogP contribution in [0.2, 0.25) is 0 Å². The maximum Gasteiger partial charge on any atom is 0.322 e. The molecule has 0 spiro atoms. The van der Waals surface area contributed by atoms with Crippen molar-refractivity contribution in [1.29, 1.82) is 0 Å². The highest BCUT2D eigenvalue weighted by Crippen LogP contribution is 2.27. The van der Waals surface area contributed by atoms with Gasteiger partial charge in [0.15, 0.2) is 0 Å². The van der Waals surface area contributed by atoms with E-state index in [0.717, 1.165) is 18.4 Å². The average Bonchev–Trinajstić information content (AvgIpc) is 2.77. The van der Waals surface area contributed by atoms with E-state index in [2.05, 4.69) is 10.1 Å². The third-order valence-electron chi connectivity index (χ3n) is 2.88. The second kappa shape index (κ2) is 4.61. The molecule has 0 saturated carbocycles. The van der Waals surface area contributed by atoms with E-state index in [4.69, 9.17) is 0 Å². The lowest BCUT2D eigenvalue weighted by Crippen LogP contribution is -2.33. The van der Waals surface area contributed by atoms with Gasteiger partial charge in [0.05, 0.1) is 7.11 Å². The van der Waals surface area contributed by atoms with Crippen molar-refractivity contribution in [3.05, 3.63) is 35.6 Å². The number of ether oxygens (including phenoxy) is 1. The quantitative estimate of drug-likeness (QED) is 0.777. The number of carbonyl (C=O) groups is 1. The summed E-state index contributed by atoms with van der Waals surface area (Å²) in [6, 6.07) is 6.23. The summed E-state index contributed by atoms with van der Waals surface area (Å²) in [4.78, 5) is 11.3. The van der Waals surface area contributed by atoms with Gasteiger partial charge in [-0.25, -0.2) is 4.39 Å². The van der Waals surface area contributed by atoms with Gasteiger partial charge >= 0.3 is 5.97 Å². The number of hydrogen-bond acceptors (Lipinski definition) is 3. The Hall–Kier alpha value is -1.42. The SMILES string of the molecule is COC(=O)[C@@H]1CCC(c2cccc(F)c2)N1. The van der Waals surface area contributed by atoms with Gasteiger partial charge in [-0.3, -0.25) is 10.1 Å². The summed E-state index contributed by atoms with van der Waals surface area (Å²) >= 11 is 0. The van der Waals surface area contributed by atoms with Gasteiger partial charge in [0.25, 0.3) is 0 Å². The molecule has 0 amide bonds. The van der Waals surface area contributed by atoms with Crippen LogP contribution in [0, 0.1) is 5.82 Å². The number of methoxy groups -OCH3 is 1. The zero-order valence-electron chi connectivity index (χ0n) is 9.07. The third-order valence-corrected chi connectivity index (χ3v) is 2.88. The van der Waals surface area contributed by atoms with Crippen LogP contribution in [0.15, 0.2) is 24.3 Å². The molecule has 1 aliphatic rings. The molecule has 1 heterocycles. The van der Waals surface area contributed by atoms with Gasteiger partial charge < -0.3 is 4.74 Å². The molecule has 0 aliphatic carbocycles. The van der Waals surface area contributed by atoms with Gasteiger partial charge in [0.1, 0.15) is 11.9 Å². The summed E-state index contributed by atoms with van der Waals surface area (Å²) in [5.41, 5.74) is 0.881. The van der Waals surface area contributed by atoms with Crippen molar-refractivity contribution >= 4 is 5.97 Å². The Kier molecular flexibility index (Phi) is 3.19. The number of hydrogen-bond donors (Lipinski definition) is 1. The van der Waals surface area contributed by atoms with Gasteiger partial charge in [-0.05, 0) is 30.5 Å². The summed E-state index contributed by atoms with van der Waals surface area (Å²) < 4.78 is 17.7. The van der Waals surface area contributed by atoms with Gasteiger partial charge in [-0.2, -0.15) is 0 Å². The number of rotatable bonds is 2. The average molecular weight is 223 g/mol. The van der Waals surface area contributed by atoms with E-state index < -0.39 is 0 Å². The minimum absolute atomic E-state index is 0.0415. The molecular weight excluding hydrogens is 209 g/mol. The van der Waals surface area contributed by atoms with Crippen LogP contribution in [-0.4, -0.2) is 19.1 Å². The Morgan fingerprint density at radius 2 is 2.31 bits per heavy atom. The maximum atomic E-state index is 13.0. The molecular formula is C12H14FNO2. The number of esters is 1. The Labute approximate surface area is 93.6 Å². The van der Waals surface area contributed by atoms with E-state index in [9.17, 15) is 9.18 Å². The fraction of sp³-hybridized carbons (Fsp3) is 0.417. The van der Waals surface area contributed by atoms with Crippen LogP contribution in [0.4, 0.5) is 4.39 Å². The normalized spacial score (nSPS) is 24.4.